The van der Waals surface area contributed by atoms with Crippen molar-refractivity contribution in [1.29, 1.82) is 0 Å². The van der Waals surface area contributed by atoms with Gasteiger partial charge in [0, 0.05) is 12.2 Å². The van der Waals surface area contributed by atoms with Crippen molar-refractivity contribution in [2.75, 3.05) is 11.9 Å². The molecule has 2 N–H and O–H groups in total. The highest BCUT2D eigenvalue weighted by atomic mass is 16.5. The van der Waals surface area contributed by atoms with Crippen molar-refractivity contribution in [3.05, 3.63) is 53.6 Å². The third-order valence-electron chi connectivity index (χ3n) is 7.97. The lowest BCUT2D eigenvalue weighted by molar-refractivity contribution is -0.140. The third-order valence-corrected chi connectivity index (χ3v) is 7.97. The van der Waals surface area contributed by atoms with Gasteiger partial charge < -0.3 is 14.8 Å². The number of hydrogen-bond donors (Lipinski definition) is 2. The summed E-state index contributed by atoms with van der Waals surface area (Å²) >= 11 is 0. The van der Waals surface area contributed by atoms with Gasteiger partial charge >= 0.3 is 5.97 Å². The number of fused-ring (bicyclic) bond motifs is 1. The maximum absolute atomic E-state index is 12.7. The quantitative estimate of drug-likeness (QED) is 0.163. The van der Waals surface area contributed by atoms with Gasteiger partial charge in [-0.25, -0.2) is 0 Å². The predicted molar refractivity (Wildman–Crippen MR) is 151 cm³/mol. The summed E-state index contributed by atoms with van der Waals surface area (Å²) < 4.78 is 11.7. The van der Waals surface area contributed by atoms with E-state index in [2.05, 4.69) is 42.7 Å². The molecule has 1 unspecified atom stereocenters. The lowest BCUT2D eigenvalue weighted by atomic mass is 9.80. The van der Waals surface area contributed by atoms with Crippen LogP contribution in [0.1, 0.15) is 108 Å². The summed E-state index contributed by atoms with van der Waals surface area (Å²) in [5.74, 6) is 2.35. The van der Waals surface area contributed by atoms with Gasteiger partial charge in [-0.3, -0.25) is 10.1 Å². The fraction of sp³-hybridized carbons (Fsp3) is 0.594. The van der Waals surface area contributed by atoms with Crippen molar-refractivity contribution >= 4 is 11.7 Å². The van der Waals surface area contributed by atoms with Gasteiger partial charge in [0.2, 0.25) is 0 Å². The van der Waals surface area contributed by atoms with Crippen LogP contribution in [-0.4, -0.2) is 12.6 Å². The predicted octanol–water partition coefficient (Wildman–Crippen LogP) is 8.15. The molecule has 1 atom stereocenters. The Morgan fingerprint density at radius 2 is 1.59 bits per heavy atom. The molecule has 4 rings (SSSR count). The molecule has 1 aliphatic carbocycles. The number of anilines is 1. The van der Waals surface area contributed by atoms with E-state index in [1.165, 1.54) is 50.5 Å². The minimum absolute atomic E-state index is 0.0149. The number of ether oxygens (including phenoxy) is 2. The van der Waals surface area contributed by atoms with E-state index in [9.17, 15) is 4.79 Å². The van der Waals surface area contributed by atoms with Gasteiger partial charge in [-0.15, -0.1) is 0 Å². The number of unbranched alkanes of at least 4 members (excludes halogenated alkanes) is 5. The first-order valence-electron chi connectivity index (χ1n) is 14.7. The first kappa shape index (κ1) is 27.5. The third kappa shape index (κ3) is 8.23. The summed E-state index contributed by atoms with van der Waals surface area (Å²) in [4.78, 5) is 12.7. The van der Waals surface area contributed by atoms with Gasteiger partial charge in [-0.2, -0.15) is 0 Å². The van der Waals surface area contributed by atoms with Gasteiger partial charge in [0.05, 0.1) is 12.5 Å². The number of carbonyl (C=O) groups is 1. The van der Waals surface area contributed by atoms with Crippen LogP contribution < -0.4 is 20.1 Å². The Morgan fingerprint density at radius 3 is 2.35 bits per heavy atom. The van der Waals surface area contributed by atoms with Crippen molar-refractivity contribution in [1.82, 2.24) is 5.32 Å². The van der Waals surface area contributed by atoms with Crippen LogP contribution in [0, 0.1) is 11.8 Å². The normalized spacial score (nSPS) is 21.1. The fourth-order valence-corrected chi connectivity index (χ4v) is 5.58. The highest BCUT2D eigenvalue weighted by Crippen LogP contribution is 2.34. The lowest BCUT2D eigenvalue weighted by Gasteiger charge is -2.29. The zero-order valence-electron chi connectivity index (χ0n) is 22.9. The molecule has 2 aromatic carbocycles. The van der Waals surface area contributed by atoms with Gasteiger partial charge in [0.1, 0.15) is 17.7 Å². The second kappa shape index (κ2) is 14.4. The van der Waals surface area contributed by atoms with Crippen LogP contribution >= 0.6 is 0 Å². The average Bonchev–Trinajstić information content (AvgIpc) is 2.93. The molecular formula is C32H46N2O3. The molecule has 5 nitrogen and oxygen atoms in total. The second-order valence-electron chi connectivity index (χ2n) is 10.9. The van der Waals surface area contributed by atoms with Crippen LogP contribution in [0.15, 0.2) is 42.5 Å². The first-order valence-corrected chi connectivity index (χ1v) is 14.7. The molecule has 1 heterocycles. The zero-order valence-corrected chi connectivity index (χ0v) is 22.9. The van der Waals surface area contributed by atoms with E-state index in [1.807, 2.05) is 24.3 Å². The topological polar surface area (TPSA) is 59.6 Å². The van der Waals surface area contributed by atoms with E-state index < -0.39 is 0 Å². The summed E-state index contributed by atoms with van der Waals surface area (Å²) in [6, 6.07) is 14.2. The summed E-state index contributed by atoms with van der Waals surface area (Å²) in [7, 11) is 0. The zero-order chi connectivity index (χ0) is 25.9. The molecule has 1 aliphatic heterocycles. The smallest absolute Gasteiger partial charge is 0.314 e. The van der Waals surface area contributed by atoms with Crippen LogP contribution in [0.2, 0.25) is 0 Å². The van der Waals surface area contributed by atoms with Crippen molar-refractivity contribution in [2.24, 2.45) is 11.8 Å². The van der Waals surface area contributed by atoms with E-state index in [0.29, 0.717) is 5.75 Å². The summed E-state index contributed by atoms with van der Waals surface area (Å²) in [6.07, 6.45) is 14.4. The molecule has 2 aliphatic rings. The summed E-state index contributed by atoms with van der Waals surface area (Å²) in [5.41, 5.74) is 3.46. The Kier molecular flexibility index (Phi) is 10.7. The summed E-state index contributed by atoms with van der Waals surface area (Å²) in [5, 5.41) is 7.15. The Hall–Kier alpha value is -2.53. The molecule has 0 bridgehead atoms. The highest BCUT2D eigenvalue weighted by molar-refractivity contribution is 5.75. The molecule has 0 aromatic heterocycles. The monoisotopic (exact) mass is 506 g/mol. The number of nitrogens with one attached hydrogen (secondary N) is 2. The van der Waals surface area contributed by atoms with E-state index in [1.54, 1.807) is 0 Å². The van der Waals surface area contributed by atoms with Crippen molar-refractivity contribution in [2.45, 2.75) is 104 Å². The SMILES string of the molecule is CCCCCCOc1ccc2c(c1)CNC(c1ccc(OC(=O)C3CCC(CCCCC)CC3)cc1)N2. The molecule has 202 valence electrons. The molecule has 1 fully saturated rings. The van der Waals surface area contributed by atoms with E-state index in [4.69, 9.17) is 9.47 Å². The van der Waals surface area contributed by atoms with Crippen molar-refractivity contribution in [3.63, 3.8) is 0 Å². The molecule has 1 saturated carbocycles. The van der Waals surface area contributed by atoms with Crippen molar-refractivity contribution in [3.8, 4) is 11.5 Å². The Bertz CT molecular complexity index is 966. The Morgan fingerprint density at radius 1 is 0.865 bits per heavy atom. The maximum atomic E-state index is 12.7. The maximum Gasteiger partial charge on any atom is 0.314 e. The standard InChI is InChI=1S/C32H46N2O3/c1-3-5-7-9-21-36-29-19-20-30-27(22-29)23-33-31(34-30)25-15-17-28(18-16-25)37-32(35)26-13-11-24(12-14-26)10-8-6-4-2/h15-20,22,24,26,31,33-34H,3-14,21,23H2,1-2H3. The van der Waals surface area contributed by atoms with Crippen molar-refractivity contribution < 1.29 is 14.3 Å². The highest BCUT2D eigenvalue weighted by Gasteiger charge is 2.27. The minimum Gasteiger partial charge on any atom is -0.494 e. The van der Waals surface area contributed by atoms with E-state index in [-0.39, 0.29) is 18.1 Å². The number of esters is 1. The summed E-state index contributed by atoms with van der Waals surface area (Å²) in [6.45, 7) is 6.03. The van der Waals surface area contributed by atoms with Gasteiger partial charge in [0.15, 0.2) is 0 Å². The molecule has 5 heteroatoms. The molecule has 0 radical (unpaired) electrons. The van der Waals surface area contributed by atoms with Crippen LogP contribution in [0.5, 0.6) is 11.5 Å². The van der Waals surface area contributed by atoms with Gasteiger partial charge in [0.25, 0.3) is 0 Å². The number of carbonyl (C=O) groups excluding carboxylic acids is 1. The largest absolute Gasteiger partial charge is 0.494 e. The molecule has 0 amide bonds. The van der Waals surface area contributed by atoms with E-state index in [0.717, 1.165) is 68.2 Å². The van der Waals surface area contributed by atoms with Crippen LogP contribution in [0.25, 0.3) is 0 Å². The Balaban J connectivity index is 1.23. The number of benzene rings is 2. The average molecular weight is 507 g/mol. The fourth-order valence-electron chi connectivity index (χ4n) is 5.58. The van der Waals surface area contributed by atoms with Crippen LogP contribution in [0.4, 0.5) is 5.69 Å². The van der Waals surface area contributed by atoms with Crippen LogP contribution in [-0.2, 0) is 11.3 Å². The molecule has 0 saturated heterocycles. The molecular weight excluding hydrogens is 460 g/mol. The second-order valence-corrected chi connectivity index (χ2v) is 10.9. The number of hydrogen-bond acceptors (Lipinski definition) is 5. The number of rotatable bonds is 13. The molecule has 0 spiro atoms. The van der Waals surface area contributed by atoms with Gasteiger partial charge in [-0.1, -0.05) is 70.9 Å². The van der Waals surface area contributed by atoms with Gasteiger partial charge in [-0.05, 0) is 79.5 Å². The minimum atomic E-state index is -0.0639. The Labute approximate surface area is 223 Å². The van der Waals surface area contributed by atoms with E-state index >= 15 is 0 Å². The molecule has 37 heavy (non-hydrogen) atoms. The molecule has 2 aromatic rings. The first-order chi connectivity index (χ1) is 18.2. The van der Waals surface area contributed by atoms with Crippen LogP contribution in [0.3, 0.4) is 0 Å². The lowest BCUT2D eigenvalue weighted by Crippen LogP contribution is -2.32.